The Morgan fingerprint density at radius 2 is 1.45 bits per heavy atom. The second-order valence-electron chi connectivity index (χ2n) is 9.94. The van der Waals surface area contributed by atoms with E-state index in [2.05, 4.69) is 36.4 Å². The number of rotatable bonds is 6. The molecule has 4 saturated carbocycles. The van der Waals surface area contributed by atoms with Gasteiger partial charge >= 0.3 is 0 Å². The molecule has 0 spiro atoms. The zero-order valence-corrected chi connectivity index (χ0v) is 18.3. The summed E-state index contributed by atoms with van der Waals surface area (Å²) in [6.07, 6.45) is 13.3. The van der Waals surface area contributed by atoms with Gasteiger partial charge in [-0.2, -0.15) is 0 Å². The van der Waals surface area contributed by atoms with Crippen molar-refractivity contribution in [2.75, 3.05) is 25.5 Å². The summed E-state index contributed by atoms with van der Waals surface area (Å²) in [5, 5.41) is 4.29. The third kappa shape index (κ3) is 3.51. The molecule has 0 aromatic heterocycles. The smallest absolute Gasteiger partial charge is 0.127 e. The zero-order chi connectivity index (χ0) is 19.2. The minimum absolute atomic E-state index is 0.0367. The normalized spacial score (nSPS) is 33.6. The summed E-state index contributed by atoms with van der Waals surface area (Å²) in [5.74, 6) is 4.73. The molecule has 1 heterocycles. The van der Waals surface area contributed by atoms with E-state index >= 15 is 0 Å². The molecule has 4 bridgehead atoms. The average molecular weight is 409 g/mol. The molecule has 2 aromatic carbocycles. The predicted molar refractivity (Wildman–Crippen MR) is 122 cm³/mol. The molecule has 5 aliphatic rings. The third-order valence-corrected chi connectivity index (χ3v) is 10.9. The maximum absolute atomic E-state index is 6.44. The Morgan fingerprint density at radius 3 is 2.17 bits per heavy atom. The first-order valence-electron chi connectivity index (χ1n) is 11.9. The van der Waals surface area contributed by atoms with Crippen LogP contribution < -0.4 is 10.0 Å². The van der Waals surface area contributed by atoms with Crippen LogP contribution in [0.25, 0.3) is 10.8 Å². The standard InChI is InChI=1S/C26H33O2P/c1-2-6-23-22(5-1)24(7-8-25(23)29-11-3-4-12-29)27-9-10-28-26-20-14-18-13-19(16-20)17-21(26)15-18/h1-2,5-8,18-21,26H,3-4,9-17H2. The molecule has 0 amide bonds. The van der Waals surface area contributed by atoms with Crippen molar-refractivity contribution in [1.29, 1.82) is 0 Å². The van der Waals surface area contributed by atoms with Crippen molar-refractivity contribution >= 4 is 24.0 Å². The third-order valence-electron chi connectivity index (χ3n) is 8.10. The van der Waals surface area contributed by atoms with Crippen LogP contribution in [0.4, 0.5) is 0 Å². The van der Waals surface area contributed by atoms with Gasteiger partial charge in [-0.25, -0.2) is 0 Å². The number of ether oxygens (including phenoxy) is 2. The minimum Gasteiger partial charge on any atom is -0.491 e. The fraction of sp³-hybridized carbons (Fsp3) is 0.615. The summed E-state index contributed by atoms with van der Waals surface area (Å²) in [6.45, 7) is 1.40. The van der Waals surface area contributed by atoms with Gasteiger partial charge in [-0.05, 0) is 97.7 Å². The summed E-state index contributed by atoms with van der Waals surface area (Å²) in [7, 11) is 0.0367. The van der Waals surface area contributed by atoms with Crippen molar-refractivity contribution in [2.24, 2.45) is 23.7 Å². The lowest BCUT2D eigenvalue weighted by atomic mass is 9.55. The van der Waals surface area contributed by atoms with Gasteiger partial charge in [0, 0.05) is 5.39 Å². The first-order valence-corrected chi connectivity index (χ1v) is 13.6. The zero-order valence-electron chi connectivity index (χ0n) is 17.4. The SMILES string of the molecule is c1ccc2c(P3CCCC3)ccc(OCCOC3C4CC5CC(C4)CC3C5)c2c1. The van der Waals surface area contributed by atoms with Gasteiger partial charge in [0.05, 0.1) is 12.7 Å². The number of fused-ring (bicyclic) bond motifs is 1. The topological polar surface area (TPSA) is 18.5 Å². The van der Waals surface area contributed by atoms with E-state index < -0.39 is 0 Å². The first kappa shape index (κ1) is 18.6. The van der Waals surface area contributed by atoms with Gasteiger partial charge in [0.1, 0.15) is 12.4 Å². The summed E-state index contributed by atoms with van der Waals surface area (Å²) in [5.41, 5.74) is 0. The van der Waals surface area contributed by atoms with E-state index in [9.17, 15) is 0 Å². The molecule has 1 saturated heterocycles. The van der Waals surface area contributed by atoms with Crippen LogP contribution in [0.15, 0.2) is 36.4 Å². The molecule has 154 valence electrons. The molecule has 0 radical (unpaired) electrons. The average Bonchev–Trinajstić information content (AvgIpc) is 3.27. The molecule has 4 aliphatic carbocycles. The Morgan fingerprint density at radius 1 is 0.759 bits per heavy atom. The van der Waals surface area contributed by atoms with Gasteiger partial charge in [0.15, 0.2) is 0 Å². The van der Waals surface area contributed by atoms with E-state index in [4.69, 9.17) is 9.47 Å². The van der Waals surface area contributed by atoms with Gasteiger partial charge < -0.3 is 9.47 Å². The molecule has 3 heteroatoms. The van der Waals surface area contributed by atoms with Crippen molar-refractivity contribution < 1.29 is 9.47 Å². The van der Waals surface area contributed by atoms with Crippen LogP contribution in [0.5, 0.6) is 5.75 Å². The van der Waals surface area contributed by atoms with Crippen LogP contribution in [-0.4, -0.2) is 31.6 Å². The molecule has 0 atom stereocenters. The number of benzene rings is 2. The van der Waals surface area contributed by atoms with Crippen LogP contribution in [0, 0.1) is 23.7 Å². The van der Waals surface area contributed by atoms with Crippen molar-refractivity contribution in [1.82, 2.24) is 0 Å². The summed E-state index contributed by atoms with van der Waals surface area (Å²) in [4.78, 5) is 0. The van der Waals surface area contributed by atoms with Crippen LogP contribution in [0.3, 0.4) is 0 Å². The molecule has 7 rings (SSSR count). The Labute approximate surface area is 176 Å². The van der Waals surface area contributed by atoms with Crippen molar-refractivity contribution in [2.45, 2.75) is 51.0 Å². The van der Waals surface area contributed by atoms with Gasteiger partial charge in [0.25, 0.3) is 0 Å². The van der Waals surface area contributed by atoms with Crippen LogP contribution in [0.1, 0.15) is 44.9 Å². The fourth-order valence-corrected chi connectivity index (χ4v) is 9.84. The second-order valence-corrected chi connectivity index (χ2v) is 12.4. The lowest BCUT2D eigenvalue weighted by Crippen LogP contribution is -2.49. The molecule has 1 aliphatic heterocycles. The number of hydrogen-bond acceptors (Lipinski definition) is 2. The molecule has 5 fully saturated rings. The van der Waals surface area contributed by atoms with Gasteiger partial charge in [0.2, 0.25) is 0 Å². The Hall–Kier alpha value is -1.11. The highest BCUT2D eigenvalue weighted by Gasteiger charge is 2.48. The first-order chi connectivity index (χ1) is 14.3. The van der Waals surface area contributed by atoms with Gasteiger partial charge in [-0.15, -0.1) is 0 Å². The minimum atomic E-state index is 0.0367. The molecule has 0 unspecified atom stereocenters. The predicted octanol–water partition coefficient (Wildman–Crippen LogP) is 5.96. The summed E-state index contributed by atoms with van der Waals surface area (Å²) >= 11 is 0. The Balaban J connectivity index is 1.11. The molecule has 2 aromatic rings. The van der Waals surface area contributed by atoms with Crippen molar-refractivity contribution in [3.63, 3.8) is 0 Å². The van der Waals surface area contributed by atoms with Crippen LogP contribution >= 0.6 is 7.92 Å². The largest absolute Gasteiger partial charge is 0.491 e. The van der Waals surface area contributed by atoms with E-state index in [1.165, 1.54) is 68.0 Å². The van der Waals surface area contributed by atoms with E-state index in [0.717, 1.165) is 36.0 Å². The quantitative estimate of drug-likeness (QED) is 0.434. The molecule has 29 heavy (non-hydrogen) atoms. The summed E-state index contributed by atoms with van der Waals surface area (Å²) in [6, 6.07) is 13.4. The van der Waals surface area contributed by atoms with E-state index in [1.807, 2.05) is 0 Å². The maximum atomic E-state index is 6.44. The van der Waals surface area contributed by atoms with Crippen molar-refractivity contribution in [3.05, 3.63) is 36.4 Å². The van der Waals surface area contributed by atoms with Crippen LogP contribution in [0.2, 0.25) is 0 Å². The second kappa shape index (κ2) is 7.86. The van der Waals surface area contributed by atoms with Gasteiger partial charge in [-0.1, -0.05) is 38.3 Å². The highest BCUT2D eigenvalue weighted by molar-refractivity contribution is 7.66. The van der Waals surface area contributed by atoms with Crippen molar-refractivity contribution in [3.8, 4) is 5.75 Å². The molecule has 0 N–H and O–H groups in total. The van der Waals surface area contributed by atoms with Crippen LogP contribution in [-0.2, 0) is 4.74 Å². The van der Waals surface area contributed by atoms with E-state index in [0.29, 0.717) is 12.7 Å². The molecule has 2 nitrogen and oxygen atoms in total. The number of hydrogen-bond donors (Lipinski definition) is 0. The fourth-order valence-electron chi connectivity index (χ4n) is 7.10. The highest BCUT2D eigenvalue weighted by atomic mass is 31.1. The maximum Gasteiger partial charge on any atom is 0.127 e. The molecular formula is C26H33O2P. The lowest BCUT2D eigenvalue weighted by molar-refractivity contribution is -0.129. The monoisotopic (exact) mass is 408 g/mol. The molecular weight excluding hydrogens is 375 g/mol. The highest BCUT2D eigenvalue weighted by Crippen LogP contribution is 2.54. The Bertz CT molecular complexity index is 844. The summed E-state index contributed by atoms with van der Waals surface area (Å²) < 4.78 is 12.7. The van der Waals surface area contributed by atoms with Gasteiger partial charge in [-0.3, -0.25) is 0 Å². The lowest BCUT2D eigenvalue weighted by Gasteiger charge is -2.54. The Kier molecular flexibility index (Phi) is 5.05. The van der Waals surface area contributed by atoms with E-state index in [-0.39, 0.29) is 7.92 Å². The van der Waals surface area contributed by atoms with E-state index in [1.54, 1.807) is 5.30 Å².